The van der Waals surface area contributed by atoms with Gasteiger partial charge in [0, 0.05) is 43.4 Å². The van der Waals surface area contributed by atoms with Crippen molar-refractivity contribution in [1.82, 2.24) is 10.6 Å². The van der Waals surface area contributed by atoms with Gasteiger partial charge in [0.25, 0.3) is 0 Å². The summed E-state index contributed by atoms with van der Waals surface area (Å²) in [6.07, 6.45) is 3.88. The first-order valence-corrected chi connectivity index (χ1v) is 9.95. The van der Waals surface area contributed by atoms with Crippen LogP contribution in [-0.2, 0) is 15.9 Å². The maximum atomic E-state index is 6.20. The van der Waals surface area contributed by atoms with Gasteiger partial charge < -0.3 is 20.1 Å². The molecule has 0 fully saturated rings. The molecule has 0 aliphatic carbocycles. The second-order valence-electron chi connectivity index (χ2n) is 5.84. The Kier molecular flexibility index (Phi) is 13.4. The molecule has 26 heavy (non-hydrogen) atoms. The van der Waals surface area contributed by atoms with Crippen LogP contribution < -0.4 is 10.6 Å². The third-order valence-electron chi connectivity index (χ3n) is 3.67. The summed E-state index contributed by atoms with van der Waals surface area (Å²) in [5.74, 6) is 0.856. The molecule has 1 rings (SSSR count). The number of aliphatic imine (C=N–C) groups is 1. The lowest BCUT2D eigenvalue weighted by Crippen LogP contribution is -2.38. The fraction of sp³-hybridized carbons (Fsp3) is 0.632. The average Bonchev–Trinajstić information content (AvgIpc) is 2.62. The van der Waals surface area contributed by atoms with Crippen LogP contribution in [0.15, 0.2) is 23.2 Å². The lowest BCUT2D eigenvalue weighted by atomic mass is 10.1. The molecule has 148 valence electrons. The highest BCUT2D eigenvalue weighted by Gasteiger charge is 2.02. The van der Waals surface area contributed by atoms with Crippen LogP contribution in [-0.4, -0.2) is 52.5 Å². The molecule has 0 saturated carbocycles. The lowest BCUT2D eigenvalue weighted by molar-refractivity contribution is 0.0689. The highest BCUT2D eigenvalue weighted by Crippen LogP contribution is 2.21. The molecule has 5 nitrogen and oxygen atoms in total. The molecule has 0 unspecified atom stereocenters. The molecule has 0 atom stereocenters. The second kappa shape index (κ2) is 15.1. The van der Waals surface area contributed by atoms with E-state index in [-0.39, 0.29) is 0 Å². The zero-order chi connectivity index (χ0) is 19.0. The van der Waals surface area contributed by atoms with E-state index < -0.39 is 0 Å². The molecule has 0 saturated heterocycles. The minimum atomic E-state index is 0.650. The molecule has 1 aromatic carbocycles. The van der Waals surface area contributed by atoms with E-state index in [1.54, 1.807) is 13.2 Å². The van der Waals surface area contributed by atoms with Gasteiger partial charge in [0.1, 0.15) is 0 Å². The van der Waals surface area contributed by atoms with E-state index in [2.05, 4.69) is 22.5 Å². The Bertz CT molecular complexity index is 528. The van der Waals surface area contributed by atoms with E-state index >= 15 is 0 Å². The average molecular weight is 404 g/mol. The van der Waals surface area contributed by atoms with E-state index in [0.29, 0.717) is 18.2 Å². The predicted molar refractivity (Wildman–Crippen MR) is 111 cm³/mol. The van der Waals surface area contributed by atoms with Crippen molar-refractivity contribution >= 4 is 29.2 Å². The van der Waals surface area contributed by atoms with Gasteiger partial charge in [-0.1, -0.05) is 29.3 Å². The Labute approximate surface area is 167 Å². The van der Waals surface area contributed by atoms with Crippen molar-refractivity contribution in [2.45, 2.75) is 32.6 Å². The van der Waals surface area contributed by atoms with Crippen LogP contribution in [0.3, 0.4) is 0 Å². The number of methoxy groups -OCH3 is 1. The van der Waals surface area contributed by atoms with Crippen LogP contribution in [0.5, 0.6) is 0 Å². The minimum Gasteiger partial charge on any atom is -0.382 e. The van der Waals surface area contributed by atoms with Gasteiger partial charge in [0.05, 0.1) is 13.2 Å². The van der Waals surface area contributed by atoms with E-state index in [1.807, 2.05) is 12.1 Å². The van der Waals surface area contributed by atoms with E-state index in [4.69, 9.17) is 32.7 Å². The number of guanidine groups is 1. The number of aryl methyl sites for hydroxylation is 1. The third kappa shape index (κ3) is 10.9. The fourth-order valence-corrected chi connectivity index (χ4v) is 2.81. The first-order chi connectivity index (χ1) is 12.7. The smallest absolute Gasteiger partial charge is 0.191 e. The Morgan fingerprint density at radius 3 is 2.65 bits per heavy atom. The van der Waals surface area contributed by atoms with Crippen molar-refractivity contribution < 1.29 is 9.47 Å². The topological polar surface area (TPSA) is 54.9 Å². The molecule has 2 N–H and O–H groups in total. The summed E-state index contributed by atoms with van der Waals surface area (Å²) < 4.78 is 10.4. The largest absolute Gasteiger partial charge is 0.382 e. The number of hydrogen-bond donors (Lipinski definition) is 2. The van der Waals surface area contributed by atoms with Gasteiger partial charge in [0.2, 0.25) is 0 Å². The summed E-state index contributed by atoms with van der Waals surface area (Å²) in [5, 5.41) is 8.01. The molecule has 1 aromatic rings. The molecule has 0 aliphatic heterocycles. The molecule has 0 aromatic heterocycles. The van der Waals surface area contributed by atoms with Crippen molar-refractivity contribution in [3.63, 3.8) is 0 Å². The zero-order valence-corrected chi connectivity index (χ0v) is 17.3. The summed E-state index contributed by atoms with van der Waals surface area (Å²) in [6.45, 7) is 6.60. The highest BCUT2D eigenvalue weighted by molar-refractivity contribution is 6.35. The summed E-state index contributed by atoms with van der Waals surface area (Å²) >= 11 is 12.1. The molecule has 0 radical (unpaired) electrons. The van der Waals surface area contributed by atoms with Gasteiger partial charge in [-0.15, -0.1) is 0 Å². The number of benzene rings is 1. The first kappa shape index (κ1) is 23.0. The maximum Gasteiger partial charge on any atom is 0.191 e. The summed E-state index contributed by atoms with van der Waals surface area (Å²) in [7, 11) is 1.68. The number of hydrogen-bond acceptors (Lipinski definition) is 3. The number of ether oxygens (including phenoxy) is 2. The number of unbranched alkanes of at least 4 members (excludes halogenated alkanes) is 1. The molecular weight excluding hydrogens is 373 g/mol. The van der Waals surface area contributed by atoms with Crippen LogP contribution in [0.1, 0.15) is 31.7 Å². The van der Waals surface area contributed by atoms with Crippen LogP contribution in [0.25, 0.3) is 0 Å². The predicted octanol–water partition coefficient (Wildman–Crippen LogP) is 3.92. The summed E-state index contributed by atoms with van der Waals surface area (Å²) in [5.41, 5.74) is 1.11. The third-order valence-corrected chi connectivity index (χ3v) is 4.26. The van der Waals surface area contributed by atoms with E-state index in [1.165, 1.54) is 0 Å². The van der Waals surface area contributed by atoms with Crippen molar-refractivity contribution in [3.8, 4) is 0 Å². The van der Waals surface area contributed by atoms with Gasteiger partial charge in [-0.2, -0.15) is 0 Å². The van der Waals surface area contributed by atoms with Gasteiger partial charge in [-0.3, -0.25) is 4.99 Å². The normalized spacial score (nSPS) is 11.6. The number of rotatable bonds is 13. The molecule has 0 aliphatic rings. The second-order valence-corrected chi connectivity index (χ2v) is 6.68. The Morgan fingerprint density at radius 1 is 1.08 bits per heavy atom. The van der Waals surface area contributed by atoms with Gasteiger partial charge in [0.15, 0.2) is 5.96 Å². The van der Waals surface area contributed by atoms with Crippen LogP contribution in [0.2, 0.25) is 10.0 Å². The number of halogens is 2. The van der Waals surface area contributed by atoms with Crippen LogP contribution in [0.4, 0.5) is 0 Å². The highest BCUT2D eigenvalue weighted by atomic mass is 35.5. The maximum absolute atomic E-state index is 6.20. The zero-order valence-electron chi connectivity index (χ0n) is 15.8. The van der Waals surface area contributed by atoms with Crippen molar-refractivity contribution in [2.75, 3.05) is 46.6 Å². The van der Waals surface area contributed by atoms with Crippen LogP contribution >= 0.6 is 23.2 Å². The SMILES string of the molecule is CCNC(=NCCCc1ccc(Cl)cc1Cl)NCCCCOCCOC. The molecule has 7 heteroatoms. The standard InChI is InChI=1S/C19H31Cl2N3O2/c1-3-22-19(23-10-4-5-12-26-14-13-25-2)24-11-6-7-16-8-9-17(20)15-18(16)21/h8-9,15H,3-7,10-14H2,1-2H3,(H2,22,23,24). The summed E-state index contributed by atoms with van der Waals surface area (Å²) in [6, 6.07) is 5.63. The Morgan fingerprint density at radius 2 is 1.92 bits per heavy atom. The Balaban J connectivity index is 2.21. The van der Waals surface area contributed by atoms with E-state index in [0.717, 1.165) is 68.5 Å². The lowest BCUT2D eigenvalue weighted by Gasteiger charge is -2.11. The molecular formula is C19H31Cl2N3O2. The monoisotopic (exact) mass is 403 g/mol. The van der Waals surface area contributed by atoms with Gasteiger partial charge >= 0.3 is 0 Å². The van der Waals surface area contributed by atoms with Crippen molar-refractivity contribution in [3.05, 3.63) is 33.8 Å². The molecule has 0 spiro atoms. The minimum absolute atomic E-state index is 0.650. The van der Waals surface area contributed by atoms with Gasteiger partial charge in [-0.25, -0.2) is 0 Å². The quantitative estimate of drug-likeness (QED) is 0.297. The van der Waals surface area contributed by atoms with Gasteiger partial charge in [-0.05, 0) is 50.3 Å². The fourth-order valence-electron chi connectivity index (χ4n) is 2.31. The molecule has 0 bridgehead atoms. The van der Waals surface area contributed by atoms with E-state index in [9.17, 15) is 0 Å². The number of nitrogens with one attached hydrogen (secondary N) is 2. The molecule has 0 heterocycles. The number of nitrogens with zero attached hydrogens (tertiary/aromatic N) is 1. The van der Waals surface area contributed by atoms with Crippen molar-refractivity contribution in [1.29, 1.82) is 0 Å². The first-order valence-electron chi connectivity index (χ1n) is 9.20. The van der Waals surface area contributed by atoms with Crippen LogP contribution in [0, 0.1) is 0 Å². The van der Waals surface area contributed by atoms with Crippen molar-refractivity contribution in [2.24, 2.45) is 4.99 Å². The summed E-state index contributed by atoms with van der Waals surface area (Å²) in [4.78, 5) is 4.61. The molecule has 0 amide bonds. The Hall–Kier alpha value is -1.01.